The van der Waals surface area contributed by atoms with Crippen LogP contribution in [0.15, 0.2) is 29.3 Å². The second-order valence-electron chi connectivity index (χ2n) is 4.73. The Balaban J connectivity index is 2.47. The van der Waals surface area contributed by atoms with Crippen LogP contribution in [0.3, 0.4) is 0 Å². The minimum absolute atomic E-state index is 0.150. The first-order chi connectivity index (χ1) is 9.90. The first-order valence-corrected chi connectivity index (χ1v) is 8.91. The van der Waals surface area contributed by atoms with Gasteiger partial charge in [-0.2, -0.15) is 0 Å². The van der Waals surface area contributed by atoms with E-state index < -0.39 is 9.84 Å². The SMILES string of the molecule is CCNC(=NCc1ccc(F)cc1)NCCCS(C)(=O)=O. The Morgan fingerprint density at radius 2 is 1.90 bits per heavy atom. The van der Waals surface area contributed by atoms with Crippen LogP contribution in [0.4, 0.5) is 4.39 Å². The smallest absolute Gasteiger partial charge is 0.191 e. The van der Waals surface area contributed by atoms with Crippen molar-refractivity contribution in [3.63, 3.8) is 0 Å². The molecular formula is C14H22FN3O2S. The standard InChI is InChI=1S/C14H22FN3O2S/c1-3-16-14(17-9-4-10-21(2,19)20)18-11-12-5-7-13(15)8-6-12/h5-8H,3-4,9-11H2,1-2H3,(H2,16,17,18). The van der Waals surface area contributed by atoms with Crippen LogP contribution in [-0.2, 0) is 16.4 Å². The number of benzene rings is 1. The zero-order valence-electron chi connectivity index (χ0n) is 12.4. The number of nitrogens with zero attached hydrogens (tertiary/aromatic N) is 1. The molecule has 21 heavy (non-hydrogen) atoms. The van der Waals surface area contributed by atoms with Gasteiger partial charge < -0.3 is 10.6 Å². The molecule has 0 aromatic heterocycles. The summed E-state index contributed by atoms with van der Waals surface area (Å²) < 4.78 is 34.9. The molecule has 0 amide bonds. The Labute approximate surface area is 125 Å². The molecule has 2 N–H and O–H groups in total. The average Bonchev–Trinajstić information content (AvgIpc) is 2.41. The number of guanidine groups is 1. The van der Waals surface area contributed by atoms with Crippen LogP contribution in [0.2, 0.25) is 0 Å². The summed E-state index contributed by atoms with van der Waals surface area (Å²) in [5.74, 6) is 0.501. The van der Waals surface area contributed by atoms with E-state index in [4.69, 9.17) is 0 Å². The summed E-state index contributed by atoms with van der Waals surface area (Å²) in [5.41, 5.74) is 0.907. The van der Waals surface area contributed by atoms with Gasteiger partial charge in [0, 0.05) is 19.3 Å². The van der Waals surface area contributed by atoms with Gasteiger partial charge in [0.15, 0.2) is 5.96 Å². The van der Waals surface area contributed by atoms with Gasteiger partial charge in [0.05, 0.1) is 12.3 Å². The van der Waals surface area contributed by atoms with Gasteiger partial charge >= 0.3 is 0 Å². The molecule has 0 radical (unpaired) electrons. The van der Waals surface area contributed by atoms with E-state index in [9.17, 15) is 12.8 Å². The van der Waals surface area contributed by atoms with E-state index >= 15 is 0 Å². The number of aliphatic imine (C=N–C) groups is 1. The molecule has 0 saturated heterocycles. The highest BCUT2D eigenvalue weighted by atomic mass is 32.2. The summed E-state index contributed by atoms with van der Waals surface area (Å²) >= 11 is 0. The number of sulfone groups is 1. The number of hydrogen-bond donors (Lipinski definition) is 2. The first-order valence-electron chi connectivity index (χ1n) is 6.85. The highest BCUT2D eigenvalue weighted by molar-refractivity contribution is 7.90. The zero-order valence-corrected chi connectivity index (χ0v) is 13.2. The molecular weight excluding hydrogens is 293 g/mol. The summed E-state index contributed by atoms with van der Waals surface area (Å²) in [7, 11) is -2.93. The third-order valence-electron chi connectivity index (χ3n) is 2.66. The van der Waals surface area contributed by atoms with Crippen molar-refractivity contribution in [3.05, 3.63) is 35.6 Å². The Morgan fingerprint density at radius 1 is 1.24 bits per heavy atom. The van der Waals surface area contributed by atoms with Gasteiger partial charge in [-0.3, -0.25) is 0 Å². The van der Waals surface area contributed by atoms with Gasteiger partial charge in [-0.1, -0.05) is 12.1 Å². The fourth-order valence-corrected chi connectivity index (χ4v) is 2.31. The van der Waals surface area contributed by atoms with Crippen molar-refractivity contribution in [1.29, 1.82) is 0 Å². The summed E-state index contributed by atoms with van der Waals surface area (Å²) in [4.78, 5) is 4.37. The second-order valence-corrected chi connectivity index (χ2v) is 6.99. The lowest BCUT2D eigenvalue weighted by Crippen LogP contribution is -2.38. The highest BCUT2D eigenvalue weighted by Gasteiger charge is 2.02. The second kappa shape index (κ2) is 8.61. The zero-order chi connectivity index (χ0) is 15.7. The Kier molecular flexibility index (Phi) is 7.14. The molecule has 5 nitrogen and oxygen atoms in total. The van der Waals surface area contributed by atoms with Gasteiger partial charge in [-0.05, 0) is 31.0 Å². The lowest BCUT2D eigenvalue weighted by atomic mass is 10.2. The molecule has 0 fully saturated rings. The van der Waals surface area contributed by atoms with E-state index in [1.807, 2.05) is 6.92 Å². The van der Waals surface area contributed by atoms with Crippen molar-refractivity contribution < 1.29 is 12.8 Å². The molecule has 0 atom stereocenters. The van der Waals surface area contributed by atoms with E-state index in [1.165, 1.54) is 18.4 Å². The third-order valence-corrected chi connectivity index (χ3v) is 3.69. The number of halogens is 1. The number of nitrogens with one attached hydrogen (secondary N) is 2. The maximum Gasteiger partial charge on any atom is 0.191 e. The van der Waals surface area contributed by atoms with Crippen LogP contribution >= 0.6 is 0 Å². The normalized spacial score (nSPS) is 12.2. The van der Waals surface area contributed by atoms with Crippen LogP contribution in [0, 0.1) is 5.82 Å². The molecule has 0 aliphatic heterocycles. The molecule has 1 aromatic rings. The molecule has 1 aromatic carbocycles. The predicted molar refractivity (Wildman–Crippen MR) is 83.5 cm³/mol. The van der Waals surface area contributed by atoms with Crippen LogP contribution in [0.25, 0.3) is 0 Å². The largest absolute Gasteiger partial charge is 0.357 e. The molecule has 0 saturated carbocycles. The van der Waals surface area contributed by atoms with E-state index in [1.54, 1.807) is 12.1 Å². The lowest BCUT2D eigenvalue weighted by molar-refractivity contribution is 0.598. The number of rotatable bonds is 7. The Bertz CT molecular complexity index is 556. The molecule has 0 aliphatic carbocycles. The van der Waals surface area contributed by atoms with Crippen LogP contribution in [0.5, 0.6) is 0 Å². The monoisotopic (exact) mass is 315 g/mol. The molecule has 0 unspecified atom stereocenters. The maximum absolute atomic E-state index is 12.8. The number of hydrogen-bond acceptors (Lipinski definition) is 3. The lowest BCUT2D eigenvalue weighted by Gasteiger charge is -2.11. The molecule has 1 rings (SSSR count). The van der Waals surface area contributed by atoms with Crippen molar-refractivity contribution in [1.82, 2.24) is 10.6 Å². The maximum atomic E-state index is 12.8. The molecule has 0 heterocycles. The molecule has 118 valence electrons. The van der Waals surface area contributed by atoms with E-state index in [0.717, 1.165) is 5.56 Å². The highest BCUT2D eigenvalue weighted by Crippen LogP contribution is 2.03. The van der Waals surface area contributed by atoms with E-state index in [0.29, 0.717) is 32.0 Å². The molecule has 0 bridgehead atoms. The topological polar surface area (TPSA) is 70.6 Å². The van der Waals surface area contributed by atoms with E-state index in [-0.39, 0.29) is 11.6 Å². The average molecular weight is 315 g/mol. The Hall–Kier alpha value is -1.63. The van der Waals surface area contributed by atoms with Crippen molar-refractivity contribution in [2.24, 2.45) is 4.99 Å². The van der Waals surface area contributed by atoms with Crippen molar-refractivity contribution >= 4 is 15.8 Å². The van der Waals surface area contributed by atoms with Gasteiger partial charge in [-0.25, -0.2) is 17.8 Å². The van der Waals surface area contributed by atoms with E-state index in [2.05, 4.69) is 15.6 Å². The summed E-state index contributed by atoms with van der Waals surface area (Å²) in [6.07, 6.45) is 1.75. The van der Waals surface area contributed by atoms with Crippen LogP contribution in [-0.4, -0.2) is 39.5 Å². The van der Waals surface area contributed by atoms with Gasteiger partial charge in [0.25, 0.3) is 0 Å². The van der Waals surface area contributed by atoms with Crippen molar-refractivity contribution in [2.75, 3.05) is 25.1 Å². The Morgan fingerprint density at radius 3 is 2.48 bits per heavy atom. The van der Waals surface area contributed by atoms with Gasteiger partial charge in [0.2, 0.25) is 0 Å². The summed E-state index contributed by atoms with van der Waals surface area (Å²) in [6.45, 7) is 3.62. The van der Waals surface area contributed by atoms with Gasteiger partial charge in [0.1, 0.15) is 15.7 Å². The van der Waals surface area contributed by atoms with Gasteiger partial charge in [-0.15, -0.1) is 0 Å². The van der Waals surface area contributed by atoms with Crippen LogP contribution < -0.4 is 10.6 Å². The summed E-state index contributed by atoms with van der Waals surface area (Å²) in [5, 5.41) is 6.15. The minimum Gasteiger partial charge on any atom is -0.357 e. The molecule has 7 heteroatoms. The predicted octanol–water partition coefficient (Wildman–Crippen LogP) is 1.32. The molecule has 0 spiro atoms. The quantitative estimate of drug-likeness (QED) is 0.452. The van der Waals surface area contributed by atoms with Crippen molar-refractivity contribution in [3.8, 4) is 0 Å². The minimum atomic E-state index is -2.93. The summed E-state index contributed by atoms with van der Waals surface area (Å²) in [6, 6.07) is 6.17. The fourth-order valence-electron chi connectivity index (χ4n) is 1.64. The third kappa shape index (κ3) is 8.29. The molecule has 0 aliphatic rings. The first kappa shape index (κ1) is 17.4. The van der Waals surface area contributed by atoms with Crippen molar-refractivity contribution in [2.45, 2.75) is 19.9 Å². The van der Waals surface area contributed by atoms with Crippen LogP contribution in [0.1, 0.15) is 18.9 Å². The fraction of sp³-hybridized carbons (Fsp3) is 0.500.